The number of hydrogen-bond donors (Lipinski definition) is 0. The van der Waals surface area contributed by atoms with Gasteiger partial charge in [0.1, 0.15) is 5.75 Å². The Bertz CT molecular complexity index is 715. The molecule has 138 valence electrons. The maximum atomic E-state index is 12.0. The van der Waals surface area contributed by atoms with Crippen LogP contribution in [0.2, 0.25) is 0 Å². The number of unbranched alkanes of at least 4 members (excludes halogenated alkanes) is 2. The van der Waals surface area contributed by atoms with Crippen LogP contribution in [0.1, 0.15) is 31.7 Å². The van der Waals surface area contributed by atoms with Crippen LogP contribution in [-0.2, 0) is 11.2 Å². The topological polar surface area (TPSA) is 29.5 Å². The Balaban J connectivity index is 1.96. The van der Waals surface area contributed by atoms with Crippen LogP contribution in [0.15, 0.2) is 60.7 Å². The second kappa shape index (κ2) is 9.93. The summed E-state index contributed by atoms with van der Waals surface area (Å²) in [6, 6.07) is 16.3. The van der Waals surface area contributed by atoms with E-state index in [1.807, 2.05) is 43.3 Å². The number of rotatable bonds is 9. The third-order valence-electron chi connectivity index (χ3n) is 4.22. The number of carbonyl (C=O) groups excluding carboxylic acids is 1. The van der Waals surface area contributed by atoms with Gasteiger partial charge in [-0.1, -0.05) is 62.7 Å². The van der Waals surface area contributed by atoms with Gasteiger partial charge in [-0.3, -0.25) is 0 Å². The van der Waals surface area contributed by atoms with Crippen molar-refractivity contribution in [2.24, 2.45) is 0 Å². The lowest BCUT2D eigenvalue weighted by molar-refractivity contribution is -0.130. The normalized spacial score (nSPS) is 10.8. The van der Waals surface area contributed by atoms with Gasteiger partial charge in [0.05, 0.1) is 0 Å². The van der Waals surface area contributed by atoms with Crippen LogP contribution in [0.25, 0.3) is 11.1 Å². The molecular formula is C23H29NO2. The van der Waals surface area contributed by atoms with Crippen molar-refractivity contribution >= 4 is 5.97 Å². The number of nitrogens with zero attached hydrogens (tertiary/aromatic N) is 1. The number of ether oxygens (including phenoxy) is 1. The van der Waals surface area contributed by atoms with Gasteiger partial charge in [-0.2, -0.15) is 0 Å². The number of likely N-dealkylation sites (N-methyl/N-ethyl adjacent to an activating group) is 1. The molecule has 0 saturated carbocycles. The molecule has 0 amide bonds. The Morgan fingerprint density at radius 3 is 2.08 bits per heavy atom. The first kappa shape index (κ1) is 19.9. The van der Waals surface area contributed by atoms with E-state index in [4.69, 9.17) is 4.74 Å². The number of aryl methyl sites for hydroxylation is 1. The summed E-state index contributed by atoms with van der Waals surface area (Å²) in [7, 11) is 3.78. The van der Waals surface area contributed by atoms with E-state index in [1.54, 1.807) is 0 Å². The summed E-state index contributed by atoms with van der Waals surface area (Å²) < 4.78 is 5.38. The van der Waals surface area contributed by atoms with Gasteiger partial charge < -0.3 is 9.64 Å². The van der Waals surface area contributed by atoms with Gasteiger partial charge in [-0.15, -0.1) is 0 Å². The standard InChI is InChI=1S/C23H29NO2/c1-5-6-7-8-19-9-11-20(12-10-19)21-13-15-22(16-14-21)26-23(25)18(2)17-24(3)4/h9-16H,2,5-8,17H2,1,3-4H3. The average molecular weight is 351 g/mol. The van der Waals surface area contributed by atoms with E-state index in [9.17, 15) is 4.79 Å². The van der Waals surface area contributed by atoms with Gasteiger partial charge in [-0.25, -0.2) is 4.79 Å². The molecule has 0 fully saturated rings. The van der Waals surface area contributed by atoms with Gasteiger partial charge in [0.25, 0.3) is 0 Å². The van der Waals surface area contributed by atoms with Gasteiger partial charge in [0, 0.05) is 12.1 Å². The molecule has 0 unspecified atom stereocenters. The highest BCUT2D eigenvalue weighted by molar-refractivity contribution is 5.90. The molecule has 0 aliphatic carbocycles. The summed E-state index contributed by atoms with van der Waals surface area (Å²) in [5.74, 6) is 0.151. The Labute approximate surface area is 157 Å². The Kier molecular flexibility index (Phi) is 7.61. The molecule has 3 nitrogen and oxygen atoms in total. The molecular weight excluding hydrogens is 322 g/mol. The summed E-state index contributed by atoms with van der Waals surface area (Å²) >= 11 is 0. The minimum atomic E-state index is -0.386. The first-order chi connectivity index (χ1) is 12.5. The zero-order valence-corrected chi connectivity index (χ0v) is 16.1. The average Bonchev–Trinajstić information content (AvgIpc) is 2.62. The number of carbonyl (C=O) groups is 1. The molecule has 2 rings (SSSR count). The largest absolute Gasteiger partial charge is 0.423 e. The molecule has 0 saturated heterocycles. The maximum Gasteiger partial charge on any atom is 0.340 e. The maximum absolute atomic E-state index is 12.0. The minimum Gasteiger partial charge on any atom is -0.423 e. The molecule has 0 aromatic heterocycles. The summed E-state index contributed by atoms with van der Waals surface area (Å²) in [6.45, 7) is 6.49. The lowest BCUT2D eigenvalue weighted by atomic mass is 10.0. The predicted molar refractivity (Wildman–Crippen MR) is 108 cm³/mol. The van der Waals surface area contributed by atoms with E-state index < -0.39 is 0 Å². The monoisotopic (exact) mass is 351 g/mol. The molecule has 26 heavy (non-hydrogen) atoms. The number of esters is 1. The first-order valence-electron chi connectivity index (χ1n) is 9.23. The second-order valence-electron chi connectivity index (χ2n) is 6.91. The zero-order valence-electron chi connectivity index (χ0n) is 16.1. The van der Waals surface area contributed by atoms with Crippen molar-refractivity contribution in [1.29, 1.82) is 0 Å². The fourth-order valence-corrected chi connectivity index (χ4v) is 2.78. The molecule has 2 aromatic carbocycles. The Morgan fingerprint density at radius 1 is 0.962 bits per heavy atom. The summed E-state index contributed by atoms with van der Waals surface area (Å²) in [6.07, 6.45) is 4.91. The van der Waals surface area contributed by atoms with E-state index in [0.717, 1.165) is 12.0 Å². The smallest absolute Gasteiger partial charge is 0.340 e. The number of benzene rings is 2. The predicted octanol–water partition coefficient (Wildman–Crippen LogP) is 5.11. The van der Waals surface area contributed by atoms with Crippen molar-refractivity contribution in [3.8, 4) is 16.9 Å². The van der Waals surface area contributed by atoms with Crippen LogP contribution in [0.4, 0.5) is 0 Å². The molecule has 0 aliphatic rings. The van der Waals surface area contributed by atoms with E-state index in [-0.39, 0.29) is 5.97 Å². The van der Waals surface area contributed by atoms with Crippen molar-refractivity contribution in [2.45, 2.75) is 32.6 Å². The van der Waals surface area contributed by atoms with Crippen molar-refractivity contribution in [3.63, 3.8) is 0 Å². The molecule has 3 heteroatoms. The zero-order chi connectivity index (χ0) is 18.9. The highest BCUT2D eigenvalue weighted by atomic mass is 16.5. The number of hydrogen-bond acceptors (Lipinski definition) is 3. The molecule has 2 aromatic rings. The van der Waals surface area contributed by atoms with Crippen LogP contribution in [0.5, 0.6) is 5.75 Å². The van der Waals surface area contributed by atoms with Gasteiger partial charge in [0.2, 0.25) is 0 Å². The lowest BCUT2D eigenvalue weighted by Crippen LogP contribution is -2.22. The van der Waals surface area contributed by atoms with Crippen LogP contribution in [0.3, 0.4) is 0 Å². The fraction of sp³-hybridized carbons (Fsp3) is 0.348. The summed E-state index contributed by atoms with van der Waals surface area (Å²) in [5, 5.41) is 0. The Hall–Kier alpha value is -2.39. The summed E-state index contributed by atoms with van der Waals surface area (Å²) in [5.41, 5.74) is 4.10. The lowest BCUT2D eigenvalue weighted by Gasteiger charge is -2.12. The van der Waals surface area contributed by atoms with Crippen molar-refractivity contribution in [2.75, 3.05) is 20.6 Å². The van der Waals surface area contributed by atoms with E-state index in [2.05, 4.69) is 37.8 Å². The molecule has 0 aliphatic heterocycles. The van der Waals surface area contributed by atoms with Gasteiger partial charge in [0.15, 0.2) is 0 Å². The van der Waals surface area contributed by atoms with Crippen LogP contribution in [0, 0.1) is 0 Å². The molecule has 0 radical (unpaired) electrons. The van der Waals surface area contributed by atoms with E-state index in [1.165, 1.54) is 30.4 Å². The molecule has 0 atom stereocenters. The molecule has 0 spiro atoms. The van der Waals surface area contributed by atoms with Crippen LogP contribution >= 0.6 is 0 Å². The quantitative estimate of drug-likeness (QED) is 0.272. The molecule has 0 heterocycles. The highest BCUT2D eigenvalue weighted by Crippen LogP contribution is 2.23. The molecule has 0 bridgehead atoms. The first-order valence-corrected chi connectivity index (χ1v) is 9.23. The third kappa shape index (κ3) is 6.16. The summed E-state index contributed by atoms with van der Waals surface area (Å²) in [4.78, 5) is 13.9. The fourth-order valence-electron chi connectivity index (χ4n) is 2.78. The van der Waals surface area contributed by atoms with Crippen molar-refractivity contribution in [3.05, 3.63) is 66.2 Å². The third-order valence-corrected chi connectivity index (χ3v) is 4.22. The SMILES string of the molecule is C=C(CN(C)C)C(=O)Oc1ccc(-c2ccc(CCCCC)cc2)cc1. The molecule has 0 N–H and O–H groups in total. The minimum absolute atomic E-state index is 0.386. The van der Waals surface area contributed by atoms with E-state index >= 15 is 0 Å². The van der Waals surface area contributed by atoms with Crippen LogP contribution in [-0.4, -0.2) is 31.5 Å². The van der Waals surface area contributed by atoms with Gasteiger partial charge in [-0.05, 0) is 55.8 Å². The van der Waals surface area contributed by atoms with E-state index in [0.29, 0.717) is 17.9 Å². The Morgan fingerprint density at radius 2 is 1.54 bits per heavy atom. The second-order valence-corrected chi connectivity index (χ2v) is 6.91. The van der Waals surface area contributed by atoms with Crippen molar-refractivity contribution in [1.82, 2.24) is 4.90 Å². The van der Waals surface area contributed by atoms with Gasteiger partial charge >= 0.3 is 5.97 Å². The van der Waals surface area contributed by atoms with Crippen LogP contribution < -0.4 is 4.74 Å². The van der Waals surface area contributed by atoms with Crippen molar-refractivity contribution < 1.29 is 9.53 Å². The highest BCUT2D eigenvalue weighted by Gasteiger charge is 2.11.